The highest BCUT2D eigenvalue weighted by atomic mass is 16.5. The lowest BCUT2D eigenvalue weighted by Gasteiger charge is -2.30. The monoisotopic (exact) mass is 265 g/mol. The predicted molar refractivity (Wildman–Crippen MR) is 74.4 cm³/mol. The van der Waals surface area contributed by atoms with Gasteiger partial charge in [0, 0.05) is 18.7 Å². The predicted octanol–water partition coefficient (Wildman–Crippen LogP) is 1.51. The molecule has 0 aliphatic carbocycles. The van der Waals surface area contributed by atoms with E-state index in [0.717, 1.165) is 56.6 Å². The summed E-state index contributed by atoms with van der Waals surface area (Å²) in [5.74, 6) is 1.05. The highest BCUT2D eigenvalue weighted by molar-refractivity contribution is 5.57. The Morgan fingerprint density at radius 2 is 2.00 bits per heavy atom. The molecule has 2 heterocycles. The largest absolute Gasteiger partial charge is 0.423 e. The van der Waals surface area contributed by atoms with E-state index in [-0.39, 0.29) is 11.4 Å². The van der Waals surface area contributed by atoms with Gasteiger partial charge in [0.25, 0.3) is 5.62 Å². The second-order valence-corrected chi connectivity index (χ2v) is 5.09. The molecule has 2 rings (SSSR count). The molecule has 4 N–H and O–H groups in total. The third-order valence-corrected chi connectivity index (χ3v) is 3.66. The summed E-state index contributed by atoms with van der Waals surface area (Å²) >= 11 is 0. The molecule has 1 aromatic heterocycles. The molecule has 106 valence electrons. The Balaban J connectivity index is 2.41. The van der Waals surface area contributed by atoms with Crippen molar-refractivity contribution in [3.05, 3.63) is 11.2 Å². The highest BCUT2D eigenvalue weighted by Gasteiger charge is 2.20. The van der Waals surface area contributed by atoms with Crippen molar-refractivity contribution < 1.29 is 5.21 Å². The van der Waals surface area contributed by atoms with Crippen molar-refractivity contribution in [1.82, 2.24) is 9.71 Å². The minimum Gasteiger partial charge on any atom is -0.423 e. The third kappa shape index (κ3) is 2.83. The SMILES string of the molecule is CCCCc1c(N2CCCCC2)nc(=N)n(O)c1N. The number of nitrogens with two attached hydrogens (primary N) is 1. The number of nitrogen functional groups attached to an aromatic ring is 1. The number of nitrogens with zero attached hydrogens (tertiary/aromatic N) is 3. The van der Waals surface area contributed by atoms with E-state index >= 15 is 0 Å². The maximum Gasteiger partial charge on any atom is 0.259 e. The van der Waals surface area contributed by atoms with Crippen molar-refractivity contribution in [2.24, 2.45) is 0 Å². The van der Waals surface area contributed by atoms with Crippen molar-refractivity contribution >= 4 is 11.6 Å². The van der Waals surface area contributed by atoms with E-state index in [2.05, 4.69) is 16.8 Å². The molecule has 0 aromatic carbocycles. The van der Waals surface area contributed by atoms with E-state index in [4.69, 9.17) is 11.1 Å². The number of rotatable bonds is 4. The Hall–Kier alpha value is -1.72. The van der Waals surface area contributed by atoms with Crippen molar-refractivity contribution in [1.29, 1.82) is 5.41 Å². The van der Waals surface area contributed by atoms with Gasteiger partial charge in [-0.25, -0.2) is 0 Å². The van der Waals surface area contributed by atoms with Gasteiger partial charge in [-0.2, -0.15) is 4.98 Å². The molecule has 0 amide bonds. The topological polar surface area (TPSA) is 91.2 Å². The summed E-state index contributed by atoms with van der Waals surface area (Å²) in [5.41, 5.74) is 6.64. The smallest absolute Gasteiger partial charge is 0.259 e. The maximum absolute atomic E-state index is 9.73. The maximum atomic E-state index is 9.73. The Morgan fingerprint density at radius 3 is 2.63 bits per heavy atom. The van der Waals surface area contributed by atoms with Gasteiger partial charge in [-0.3, -0.25) is 5.41 Å². The lowest BCUT2D eigenvalue weighted by Crippen LogP contribution is -2.35. The number of unbranched alkanes of at least 4 members (excludes halogenated alkanes) is 1. The summed E-state index contributed by atoms with van der Waals surface area (Å²) in [7, 11) is 0. The summed E-state index contributed by atoms with van der Waals surface area (Å²) < 4.78 is 0.679. The molecule has 6 heteroatoms. The van der Waals surface area contributed by atoms with E-state index < -0.39 is 0 Å². The van der Waals surface area contributed by atoms with E-state index in [9.17, 15) is 5.21 Å². The van der Waals surface area contributed by atoms with Crippen LogP contribution in [0.3, 0.4) is 0 Å². The molecule has 0 radical (unpaired) electrons. The molecule has 0 unspecified atom stereocenters. The molecule has 1 fully saturated rings. The zero-order chi connectivity index (χ0) is 13.8. The van der Waals surface area contributed by atoms with Gasteiger partial charge in [-0.05, 0) is 32.1 Å². The standard InChI is InChI=1S/C13H23N5O/c1-2-3-7-10-11(14)18(19)13(15)16-12(10)17-8-5-4-6-9-17/h15,19H,2-9,14H2,1H3. The summed E-state index contributed by atoms with van der Waals surface area (Å²) in [6.45, 7) is 4.04. The molecule has 0 atom stereocenters. The van der Waals surface area contributed by atoms with Gasteiger partial charge in [0.1, 0.15) is 5.82 Å². The number of hydrogen-bond acceptors (Lipinski definition) is 5. The first kappa shape index (κ1) is 13.7. The first-order valence-electron chi connectivity index (χ1n) is 7.05. The second kappa shape index (κ2) is 5.95. The van der Waals surface area contributed by atoms with Crippen LogP contribution in [0.2, 0.25) is 0 Å². The van der Waals surface area contributed by atoms with Gasteiger partial charge in [0.15, 0.2) is 5.82 Å². The van der Waals surface area contributed by atoms with Gasteiger partial charge in [0.05, 0.1) is 0 Å². The average Bonchev–Trinajstić information content (AvgIpc) is 2.44. The normalized spacial score (nSPS) is 15.7. The molecule has 1 saturated heterocycles. The summed E-state index contributed by atoms with van der Waals surface area (Å²) in [6.07, 6.45) is 6.40. The number of hydrogen-bond donors (Lipinski definition) is 3. The lowest BCUT2D eigenvalue weighted by atomic mass is 10.1. The molecule has 0 bridgehead atoms. The van der Waals surface area contributed by atoms with Crippen LogP contribution >= 0.6 is 0 Å². The summed E-state index contributed by atoms with van der Waals surface area (Å²) in [4.78, 5) is 6.43. The van der Waals surface area contributed by atoms with Crippen LogP contribution in [0.5, 0.6) is 0 Å². The quantitative estimate of drug-likeness (QED) is 0.720. The molecule has 1 aliphatic rings. The Labute approximate surface area is 113 Å². The van der Waals surface area contributed by atoms with E-state index in [1.165, 1.54) is 6.42 Å². The minimum atomic E-state index is -0.196. The minimum absolute atomic E-state index is 0.196. The second-order valence-electron chi connectivity index (χ2n) is 5.09. The van der Waals surface area contributed by atoms with Crippen LogP contribution in [0.1, 0.15) is 44.6 Å². The van der Waals surface area contributed by atoms with Crippen molar-refractivity contribution in [3.8, 4) is 0 Å². The third-order valence-electron chi connectivity index (χ3n) is 3.66. The molecular formula is C13H23N5O. The zero-order valence-corrected chi connectivity index (χ0v) is 11.5. The fourth-order valence-electron chi connectivity index (χ4n) is 2.53. The number of nitrogens with one attached hydrogen (secondary N) is 1. The molecule has 1 aromatic rings. The average molecular weight is 265 g/mol. The van der Waals surface area contributed by atoms with Gasteiger partial charge >= 0.3 is 0 Å². The Morgan fingerprint density at radius 1 is 1.32 bits per heavy atom. The van der Waals surface area contributed by atoms with Crippen LogP contribution in [-0.4, -0.2) is 28.0 Å². The molecule has 6 nitrogen and oxygen atoms in total. The van der Waals surface area contributed by atoms with Crippen molar-refractivity contribution in [2.75, 3.05) is 23.7 Å². The fourth-order valence-corrected chi connectivity index (χ4v) is 2.53. The van der Waals surface area contributed by atoms with Crippen LogP contribution < -0.4 is 16.3 Å². The van der Waals surface area contributed by atoms with Crippen LogP contribution in [0.4, 0.5) is 11.6 Å². The van der Waals surface area contributed by atoms with E-state index in [0.29, 0.717) is 4.73 Å². The van der Waals surface area contributed by atoms with E-state index in [1.807, 2.05) is 0 Å². The molecule has 1 aliphatic heterocycles. The number of anilines is 2. The van der Waals surface area contributed by atoms with Gasteiger partial charge < -0.3 is 15.8 Å². The van der Waals surface area contributed by atoms with Gasteiger partial charge in [0.2, 0.25) is 0 Å². The fraction of sp³-hybridized carbons (Fsp3) is 0.692. The van der Waals surface area contributed by atoms with Crippen molar-refractivity contribution in [3.63, 3.8) is 0 Å². The van der Waals surface area contributed by atoms with Crippen LogP contribution in [0.15, 0.2) is 0 Å². The van der Waals surface area contributed by atoms with Crippen molar-refractivity contribution in [2.45, 2.75) is 45.4 Å². The van der Waals surface area contributed by atoms with E-state index in [1.54, 1.807) is 0 Å². The molecule has 19 heavy (non-hydrogen) atoms. The lowest BCUT2D eigenvalue weighted by molar-refractivity contribution is 0.171. The molecule has 0 spiro atoms. The zero-order valence-electron chi connectivity index (χ0n) is 11.5. The van der Waals surface area contributed by atoms with Crippen LogP contribution in [0, 0.1) is 5.41 Å². The van der Waals surface area contributed by atoms with Gasteiger partial charge in [-0.1, -0.05) is 13.3 Å². The number of piperidine rings is 1. The Kier molecular flexibility index (Phi) is 4.29. The van der Waals surface area contributed by atoms with Gasteiger partial charge in [-0.15, -0.1) is 4.73 Å². The molecule has 0 saturated carbocycles. The summed E-state index contributed by atoms with van der Waals surface area (Å²) in [6, 6.07) is 0. The highest BCUT2D eigenvalue weighted by Crippen LogP contribution is 2.25. The summed E-state index contributed by atoms with van der Waals surface area (Å²) in [5, 5.41) is 17.4. The first-order chi connectivity index (χ1) is 9.15. The van der Waals surface area contributed by atoms with Crippen LogP contribution in [-0.2, 0) is 6.42 Å². The first-order valence-corrected chi connectivity index (χ1v) is 7.05. The number of aromatic nitrogens is 2. The van der Waals surface area contributed by atoms with Crippen LogP contribution in [0.25, 0.3) is 0 Å². The Bertz CT molecular complexity index is 491. The molecular weight excluding hydrogens is 242 g/mol.